The lowest BCUT2D eigenvalue weighted by molar-refractivity contribution is 0.650. The third-order valence-electron chi connectivity index (χ3n) is 3.76. The van der Waals surface area contributed by atoms with Gasteiger partial charge in [0.15, 0.2) is 4.80 Å². The maximum absolute atomic E-state index is 6.19. The van der Waals surface area contributed by atoms with E-state index in [1.807, 2.05) is 43.5 Å². The largest absolute Gasteiger partial charge is 0.321 e. The zero-order chi connectivity index (χ0) is 16.2. The van der Waals surface area contributed by atoms with Crippen molar-refractivity contribution in [1.29, 1.82) is 0 Å². The van der Waals surface area contributed by atoms with Crippen LogP contribution in [0.3, 0.4) is 0 Å². The van der Waals surface area contributed by atoms with Crippen LogP contribution < -0.4 is 4.80 Å². The number of hydrogen-bond acceptors (Lipinski definition) is 3. The second-order valence-corrected chi connectivity index (χ2v) is 6.62. The van der Waals surface area contributed by atoms with Crippen molar-refractivity contribution in [2.24, 2.45) is 4.99 Å². The molecule has 0 amide bonds. The number of pyridine rings is 1. The number of halogens is 1. The molecule has 5 heteroatoms. The molecule has 0 saturated heterocycles. The molecule has 0 spiro atoms. The first-order valence-corrected chi connectivity index (χ1v) is 8.75. The highest BCUT2D eigenvalue weighted by molar-refractivity contribution is 7.07. The minimum atomic E-state index is 0.750. The van der Waals surface area contributed by atoms with Crippen molar-refractivity contribution < 1.29 is 0 Å². The van der Waals surface area contributed by atoms with Gasteiger partial charge in [-0.15, -0.1) is 11.3 Å². The lowest BCUT2D eigenvalue weighted by atomic mass is 10.2. The fourth-order valence-electron chi connectivity index (χ4n) is 2.37. The quantitative estimate of drug-likeness (QED) is 0.676. The summed E-state index contributed by atoms with van der Waals surface area (Å²) in [4.78, 5) is 10.2. The first-order chi connectivity index (χ1) is 11.1. The van der Waals surface area contributed by atoms with E-state index >= 15 is 0 Å². The summed E-state index contributed by atoms with van der Waals surface area (Å²) in [5.41, 5.74) is 4.24. The fourth-order valence-corrected chi connectivity index (χ4v) is 3.45. The summed E-state index contributed by atoms with van der Waals surface area (Å²) >= 11 is 7.85. The molecule has 3 rings (SSSR count). The molecule has 0 aliphatic heterocycles. The number of hydrogen-bond donors (Lipinski definition) is 0. The topological polar surface area (TPSA) is 30.2 Å². The summed E-state index contributed by atoms with van der Waals surface area (Å²) in [6, 6.07) is 11.8. The molecule has 0 aliphatic rings. The smallest absolute Gasteiger partial charge is 0.190 e. The molecule has 0 unspecified atom stereocenters. The normalized spacial score (nSPS) is 11.9. The summed E-state index contributed by atoms with van der Waals surface area (Å²) in [6.45, 7) is 4.98. The standard InChI is InChI=1S/C18H18ClN3S/c1-13-12-23-18(21-17-8-5-7-16(19)14(17)2)22(13)11-9-15-6-3-4-10-20-15/h3-8,10,12H,9,11H2,1-2H3. The number of aryl methyl sites for hydroxylation is 2. The zero-order valence-corrected chi connectivity index (χ0v) is 14.7. The van der Waals surface area contributed by atoms with E-state index in [2.05, 4.69) is 27.9 Å². The molecule has 2 heterocycles. The molecule has 3 aromatic rings. The molecule has 118 valence electrons. The summed E-state index contributed by atoms with van der Waals surface area (Å²) in [5, 5.41) is 2.89. The molecule has 0 bridgehead atoms. The fraction of sp³-hybridized carbons (Fsp3) is 0.222. The van der Waals surface area contributed by atoms with Crippen LogP contribution in [0.2, 0.25) is 5.02 Å². The van der Waals surface area contributed by atoms with Crippen molar-refractivity contribution in [1.82, 2.24) is 9.55 Å². The second-order valence-electron chi connectivity index (χ2n) is 5.38. The average Bonchev–Trinajstić information content (AvgIpc) is 2.91. The maximum Gasteiger partial charge on any atom is 0.190 e. The van der Waals surface area contributed by atoms with E-state index in [9.17, 15) is 0 Å². The van der Waals surface area contributed by atoms with E-state index in [0.29, 0.717) is 0 Å². The molecule has 0 saturated carbocycles. The van der Waals surface area contributed by atoms with Crippen molar-refractivity contribution in [2.45, 2.75) is 26.8 Å². The van der Waals surface area contributed by atoms with E-state index in [0.717, 1.165) is 39.7 Å². The Hall–Kier alpha value is -1.91. The predicted octanol–water partition coefficient (Wildman–Crippen LogP) is 4.69. The maximum atomic E-state index is 6.19. The van der Waals surface area contributed by atoms with Crippen LogP contribution >= 0.6 is 22.9 Å². The summed E-state index contributed by atoms with van der Waals surface area (Å²) in [7, 11) is 0. The van der Waals surface area contributed by atoms with Crippen LogP contribution in [-0.2, 0) is 13.0 Å². The van der Waals surface area contributed by atoms with Gasteiger partial charge in [0.05, 0.1) is 5.69 Å². The SMILES string of the molecule is Cc1c(Cl)cccc1N=c1scc(C)n1CCc1ccccn1. The van der Waals surface area contributed by atoms with E-state index < -0.39 is 0 Å². The molecule has 0 aliphatic carbocycles. The van der Waals surface area contributed by atoms with Gasteiger partial charge in [-0.25, -0.2) is 4.99 Å². The molecule has 0 atom stereocenters. The Morgan fingerprint density at radius 2 is 2.04 bits per heavy atom. The Kier molecular flexibility index (Phi) is 4.94. The van der Waals surface area contributed by atoms with Gasteiger partial charge in [0, 0.05) is 41.0 Å². The number of aromatic nitrogens is 2. The van der Waals surface area contributed by atoms with E-state index in [4.69, 9.17) is 16.6 Å². The van der Waals surface area contributed by atoms with Crippen LogP contribution in [0.15, 0.2) is 53.0 Å². The molecular formula is C18H18ClN3S. The Balaban J connectivity index is 1.92. The Labute approximate surface area is 144 Å². The van der Waals surface area contributed by atoms with Gasteiger partial charge in [0.2, 0.25) is 0 Å². The minimum Gasteiger partial charge on any atom is -0.321 e. The van der Waals surface area contributed by atoms with Gasteiger partial charge in [-0.1, -0.05) is 23.7 Å². The van der Waals surface area contributed by atoms with E-state index in [1.165, 1.54) is 5.69 Å². The van der Waals surface area contributed by atoms with Crippen LogP contribution in [0.4, 0.5) is 5.69 Å². The monoisotopic (exact) mass is 343 g/mol. The highest BCUT2D eigenvalue weighted by Gasteiger charge is 2.05. The van der Waals surface area contributed by atoms with Crippen LogP contribution in [0.1, 0.15) is 17.0 Å². The summed E-state index contributed by atoms with van der Waals surface area (Å²) in [5.74, 6) is 0. The molecular weight excluding hydrogens is 326 g/mol. The minimum absolute atomic E-state index is 0.750. The molecule has 0 N–H and O–H groups in total. The second kappa shape index (κ2) is 7.11. The lowest BCUT2D eigenvalue weighted by Crippen LogP contribution is -2.17. The molecule has 0 fully saturated rings. The molecule has 2 aromatic heterocycles. The highest BCUT2D eigenvalue weighted by Crippen LogP contribution is 2.25. The Morgan fingerprint density at radius 3 is 2.83 bits per heavy atom. The third-order valence-corrected chi connectivity index (χ3v) is 5.16. The first kappa shape index (κ1) is 16.0. The van der Waals surface area contributed by atoms with Gasteiger partial charge in [0.1, 0.15) is 0 Å². The number of rotatable bonds is 4. The van der Waals surface area contributed by atoms with Crippen LogP contribution in [0.25, 0.3) is 0 Å². The molecule has 0 radical (unpaired) electrons. The van der Waals surface area contributed by atoms with Crippen LogP contribution in [0, 0.1) is 13.8 Å². The van der Waals surface area contributed by atoms with Crippen LogP contribution in [-0.4, -0.2) is 9.55 Å². The van der Waals surface area contributed by atoms with Crippen molar-refractivity contribution in [3.8, 4) is 0 Å². The van der Waals surface area contributed by atoms with Gasteiger partial charge in [0.25, 0.3) is 0 Å². The van der Waals surface area contributed by atoms with Gasteiger partial charge >= 0.3 is 0 Å². The van der Waals surface area contributed by atoms with Crippen molar-refractivity contribution in [3.63, 3.8) is 0 Å². The third kappa shape index (κ3) is 3.71. The molecule has 1 aromatic carbocycles. The highest BCUT2D eigenvalue weighted by atomic mass is 35.5. The zero-order valence-electron chi connectivity index (χ0n) is 13.2. The number of thiazole rings is 1. The molecule has 3 nitrogen and oxygen atoms in total. The number of benzene rings is 1. The van der Waals surface area contributed by atoms with Crippen molar-refractivity contribution in [2.75, 3.05) is 0 Å². The molecule has 23 heavy (non-hydrogen) atoms. The van der Waals surface area contributed by atoms with Crippen molar-refractivity contribution >= 4 is 28.6 Å². The van der Waals surface area contributed by atoms with Crippen molar-refractivity contribution in [3.05, 3.63) is 74.8 Å². The van der Waals surface area contributed by atoms with Gasteiger partial charge in [-0.2, -0.15) is 0 Å². The van der Waals surface area contributed by atoms with E-state index in [1.54, 1.807) is 11.3 Å². The summed E-state index contributed by atoms with van der Waals surface area (Å²) < 4.78 is 2.24. The predicted molar refractivity (Wildman–Crippen MR) is 96.4 cm³/mol. The average molecular weight is 344 g/mol. The van der Waals surface area contributed by atoms with Gasteiger partial charge < -0.3 is 4.57 Å². The Bertz CT molecular complexity index is 865. The lowest BCUT2D eigenvalue weighted by Gasteiger charge is -2.06. The Morgan fingerprint density at radius 1 is 1.17 bits per heavy atom. The van der Waals surface area contributed by atoms with E-state index in [-0.39, 0.29) is 0 Å². The van der Waals surface area contributed by atoms with Crippen LogP contribution in [0.5, 0.6) is 0 Å². The number of nitrogens with zero attached hydrogens (tertiary/aromatic N) is 3. The summed E-state index contributed by atoms with van der Waals surface area (Å²) in [6.07, 6.45) is 2.72. The van der Waals surface area contributed by atoms with Gasteiger partial charge in [-0.05, 0) is 43.7 Å². The first-order valence-electron chi connectivity index (χ1n) is 7.50. The van der Waals surface area contributed by atoms with Gasteiger partial charge in [-0.3, -0.25) is 4.98 Å².